The number of nitrogens with zero attached hydrogens (tertiary/aromatic N) is 1. The van der Waals surface area contributed by atoms with Gasteiger partial charge in [0.05, 0.1) is 6.54 Å². The molecule has 2 rings (SSSR count). The second-order valence-corrected chi connectivity index (χ2v) is 5.49. The number of hydrogen-bond acceptors (Lipinski definition) is 2. The monoisotopic (exact) mass is 302 g/mol. The van der Waals surface area contributed by atoms with Crippen LogP contribution < -0.4 is 5.32 Å². The van der Waals surface area contributed by atoms with Crippen molar-refractivity contribution in [3.05, 3.63) is 65.2 Å². The van der Waals surface area contributed by atoms with Crippen molar-refractivity contribution in [3.63, 3.8) is 0 Å². The van der Waals surface area contributed by atoms with Crippen LogP contribution in [0, 0.1) is 0 Å². The molecule has 3 nitrogen and oxygen atoms in total. The van der Waals surface area contributed by atoms with Crippen LogP contribution in [-0.2, 0) is 4.79 Å². The molecular weight excluding hydrogens is 284 g/mol. The molecule has 110 valence electrons. The Morgan fingerprint density at radius 2 is 1.76 bits per heavy atom. The topological polar surface area (TPSA) is 32.3 Å². The van der Waals surface area contributed by atoms with Gasteiger partial charge >= 0.3 is 0 Å². The lowest BCUT2D eigenvalue weighted by molar-refractivity contribution is -0.117. The second kappa shape index (κ2) is 7.25. The molecule has 0 aliphatic carbocycles. The average Bonchev–Trinajstić information content (AvgIpc) is 2.49. The maximum Gasteiger partial charge on any atom is 0.238 e. The number of halogens is 1. The Morgan fingerprint density at radius 3 is 2.38 bits per heavy atom. The Hall–Kier alpha value is -1.84. The summed E-state index contributed by atoms with van der Waals surface area (Å²) in [5.74, 6) is -0.0393. The highest BCUT2D eigenvalue weighted by Crippen LogP contribution is 2.18. The molecule has 1 atom stereocenters. The molecule has 4 heteroatoms. The summed E-state index contributed by atoms with van der Waals surface area (Å²) >= 11 is 5.82. The molecule has 0 radical (unpaired) electrons. The zero-order chi connectivity index (χ0) is 15.2. The molecule has 0 bridgehead atoms. The van der Waals surface area contributed by atoms with Gasteiger partial charge in [-0.2, -0.15) is 0 Å². The third-order valence-corrected chi connectivity index (χ3v) is 3.72. The van der Waals surface area contributed by atoms with Crippen LogP contribution in [0.4, 0.5) is 5.69 Å². The lowest BCUT2D eigenvalue weighted by Crippen LogP contribution is -2.32. The maximum atomic E-state index is 12.1. The van der Waals surface area contributed by atoms with Crippen molar-refractivity contribution in [1.82, 2.24) is 4.90 Å². The largest absolute Gasteiger partial charge is 0.325 e. The molecule has 0 aliphatic rings. The van der Waals surface area contributed by atoms with Crippen LogP contribution >= 0.6 is 11.6 Å². The van der Waals surface area contributed by atoms with Gasteiger partial charge in [-0.25, -0.2) is 0 Å². The van der Waals surface area contributed by atoms with E-state index in [0.717, 1.165) is 5.69 Å². The minimum atomic E-state index is -0.0393. The van der Waals surface area contributed by atoms with Crippen molar-refractivity contribution < 1.29 is 4.79 Å². The zero-order valence-electron chi connectivity index (χ0n) is 12.2. The summed E-state index contributed by atoms with van der Waals surface area (Å²) in [5, 5.41) is 3.52. The van der Waals surface area contributed by atoms with E-state index in [1.807, 2.05) is 30.1 Å². The van der Waals surface area contributed by atoms with Crippen molar-refractivity contribution in [2.75, 3.05) is 18.9 Å². The van der Waals surface area contributed by atoms with Crippen LogP contribution in [0.15, 0.2) is 54.6 Å². The van der Waals surface area contributed by atoms with E-state index in [1.54, 1.807) is 24.3 Å². The SMILES string of the molecule is C[C@@H](c1ccccc1)N(C)CC(=O)Nc1ccc(Cl)cc1. The minimum absolute atomic E-state index is 0.0393. The van der Waals surface area contributed by atoms with Crippen LogP contribution in [0.25, 0.3) is 0 Å². The highest BCUT2D eigenvalue weighted by atomic mass is 35.5. The Morgan fingerprint density at radius 1 is 1.14 bits per heavy atom. The van der Waals surface area contributed by atoms with Gasteiger partial charge in [-0.3, -0.25) is 9.69 Å². The summed E-state index contributed by atoms with van der Waals surface area (Å²) in [5.41, 5.74) is 1.95. The molecule has 0 saturated carbocycles. The molecule has 2 aromatic carbocycles. The van der Waals surface area contributed by atoms with E-state index in [9.17, 15) is 4.79 Å². The fourth-order valence-corrected chi connectivity index (χ4v) is 2.21. The number of amides is 1. The quantitative estimate of drug-likeness (QED) is 0.906. The minimum Gasteiger partial charge on any atom is -0.325 e. The molecule has 1 N–H and O–H groups in total. The number of nitrogens with one attached hydrogen (secondary N) is 1. The van der Waals surface area contributed by atoms with Gasteiger partial charge in [0.1, 0.15) is 0 Å². The molecule has 21 heavy (non-hydrogen) atoms. The number of carbonyl (C=O) groups is 1. The van der Waals surface area contributed by atoms with Crippen molar-refractivity contribution in [2.24, 2.45) is 0 Å². The summed E-state index contributed by atoms with van der Waals surface area (Å²) in [6.07, 6.45) is 0. The van der Waals surface area contributed by atoms with Gasteiger partial charge in [-0.05, 0) is 43.8 Å². The fourth-order valence-electron chi connectivity index (χ4n) is 2.08. The highest BCUT2D eigenvalue weighted by molar-refractivity contribution is 6.30. The summed E-state index contributed by atoms with van der Waals surface area (Å²) < 4.78 is 0. The van der Waals surface area contributed by atoms with Crippen molar-refractivity contribution in [1.29, 1.82) is 0 Å². The van der Waals surface area contributed by atoms with E-state index < -0.39 is 0 Å². The molecule has 2 aromatic rings. The smallest absolute Gasteiger partial charge is 0.238 e. The molecule has 0 aromatic heterocycles. The first-order chi connectivity index (χ1) is 10.1. The van der Waals surface area contributed by atoms with E-state index in [2.05, 4.69) is 24.4 Å². The summed E-state index contributed by atoms with van der Waals surface area (Å²) in [6, 6.07) is 17.4. The van der Waals surface area contributed by atoms with E-state index in [-0.39, 0.29) is 11.9 Å². The summed E-state index contributed by atoms with van der Waals surface area (Å²) in [6.45, 7) is 2.42. The van der Waals surface area contributed by atoms with Gasteiger partial charge in [-0.1, -0.05) is 41.9 Å². The lowest BCUT2D eigenvalue weighted by Gasteiger charge is -2.24. The van der Waals surface area contributed by atoms with E-state index in [4.69, 9.17) is 11.6 Å². The molecule has 0 saturated heterocycles. The van der Waals surface area contributed by atoms with E-state index in [1.165, 1.54) is 5.56 Å². The number of likely N-dealkylation sites (N-methyl/N-ethyl adjacent to an activating group) is 1. The highest BCUT2D eigenvalue weighted by Gasteiger charge is 2.14. The third-order valence-electron chi connectivity index (χ3n) is 3.46. The molecule has 0 unspecified atom stereocenters. The normalized spacial score (nSPS) is 12.2. The van der Waals surface area contributed by atoms with Gasteiger partial charge in [-0.15, -0.1) is 0 Å². The predicted molar refractivity (Wildman–Crippen MR) is 87.6 cm³/mol. The van der Waals surface area contributed by atoms with Gasteiger partial charge in [0.15, 0.2) is 0 Å². The third kappa shape index (κ3) is 4.59. The number of rotatable bonds is 5. The summed E-state index contributed by atoms with van der Waals surface area (Å²) in [7, 11) is 1.94. The van der Waals surface area contributed by atoms with Crippen LogP contribution in [0.1, 0.15) is 18.5 Å². The molecule has 1 amide bonds. The van der Waals surface area contributed by atoms with Crippen LogP contribution in [0.2, 0.25) is 5.02 Å². The van der Waals surface area contributed by atoms with Crippen LogP contribution in [0.3, 0.4) is 0 Å². The molecule has 0 fully saturated rings. The van der Waals surface area contributed by atoms with Gasteiger partial charge in [0, 0.05) is 16.8 Å². The maximum absolute atomic E-state index is 12.1. The average molecular weight is 303 g/mol. The lowest BCUT2D eigenvalue weighted by atomic mass is 10.1. The fraction of sp³-hybridized carbons (Fsp3) is 0.235. The molecule has 0 aliphatic heterocycles. The Labute approximate surface area is 130 Å². The molecular formula is C17H19ClN2O. The van der Waals surface area contributed by atoms with Gasteiger partial charge in [0.25, 0.3) is 0 Å². The number of carbonyl (C=O) groups excluding carboxylic acids is 1. The van der Waals surface area contributed by atoms with Crippen LogP contribution in [0.5, 0.6) is 0 Å². The molecule has 0 spiro atoms. The number of anilines is 1. The molecule has 0 heterocycles. The van der Waals surface area contributed by atoms with E-state index >= 15 is 0 Å². The predicted octanol–water partition coefficient (Wildman–Crippen LogP) is 3.97. The number of hydrogen-bond donors (Lipinski definition) is 1. The van der Waals surface area contributed by atoms with Crippen molar-refractivity contribution >= 4 is 23.2 Å². The second-order valence-electron chi connectivity index (χ2n) is 5.06. The van der Waals surface area contributed by atoms with E-state index in [0.29, 0.717) is 11.6 Å². The first-order valence-corrected chi connectivity index (χ1v) is 7.24. The first kappa shape index (κ1) is 15.5. The van der Waals surface area contributed by atoms with Gasteiger partial charge in [0.2, 0.25) is 5.91 Å². The van der Waals surface area contributed by atoms with Crippen LogP contribution in [-0.4, -0.2) is 24.4 Å². The Kier molecular flexibility index (Phi) is 5.37. The first-order valence-electron chi connectivity index (χ1n) is 6.87. The van der Waals surface area contributed by atoms with Crippen molar-refractivity contribution in [2.45, 2.75) is 13.0 Å². The standard InChI is InChI=1S/C17H19ClN2O/c1-13(14-6-4-3-5-7-14)20(2)12-17(21)19-16-10-8-15(18)9-11-16/h3-11,13H,12H2,1-2H3,(H,19,21)/t13-/m0/s1. The zero-order valence-corrected chi connectivity index (χ0v) is 13.0. The summed E-state index contributed by atoms with van der Waals surface area (Å²) in [4.78, 5) is 14.1. The Bertz CT molecular complexity index is 583. The van der Waals surface area contributed by atoms with Crippen molar-refractivity contribution in [3.8, 4) is 0 Å². The number of benzene rings is 2. The van der Waals surface area contributed by atoms with Gasteiger partial charge < -0.3 is 5.32 Å². The Balaban J connectivity index is 1.91.